The van der Waals surface area contributed by atoms with E-state index in [0.29, 0.717) is 42.2 Å². The second kappa shape index (κ2) is 13.9. The average molecular weight is 741 g/mol. The van der Waals surface area contributed by atoms with Crippen LogP contribution in [0.3, 0.4) is 0 Å². The van der Waals surface area contributed by atoms with Crippen LogP contribution in [0.15, 0.2) is 79.0 Å². The van der Waals surface area contributed by atoms with Gasteiger partial charge < -0.3 is 18.8 Å². The molecule has 7 aromatic rings. The van der Waals surface area contributed by atoms with Crippen molar-refractivity contribution < 1.29 is 34.6 Å². The second-order valence-electron chi connectivity index (χ2n) is 12.0. The van der Waals surface area contributed by atoms with Gasteiger partial charge in [-0.3, -0.25) is 0 Å². The van der Waals surface area contributed by atoms with E-state index in [-0.39, 0.29) is 20.4 Å². The third-order valence-corrected chi connectivity index (χ3v) is 8.88. The Morgan fingerprint density at radius 3 is 2.18 bits per heavy atom. The van der Waals surface area contributed by atoms with Crippen LogP contribution in [0.25, 0.3) is 44.4 Å². The first-order valence-corrected chi connectivity index (χ1v) is 16.3. The number of nitrogens with zero attached hydrogens (tertiary/aromatic N) is 4. The summed E-state index contributed by atoms with van der Waals surface area (Å²) >= 11 is 0. The standard InChI is InChI=1S/C41H38N4O3.Pd/c1-8-46-40-39(38-28(6)26(4)22-27(5)29(38)7)41(47-9-2)45(43-40)30-13-12-14-31(23-30)48-32-17-18-34-33-15-10-11-16-35(33)44(36(34)24-32)37-21-25(3)19-20-42-37;/h10-22H,8-9H2,1-7H3;/q-2;+2. The summed E-state index contributed by atoms with van der Waals surface area (Å²) in [5.41, 5.74) is 10.4. The van der Waals surface area contributed by atoms with E-state index in [0.717, 1.165) is 44.3 Å². The van der Waals surface area contributed by atoms with Gasteiger partial charge in [0, 0.05) is 23.2 Å². The van der Waals surface area contributed by atoms with Crippen LogP contribution in [0.4, 0.5) is 0 Å². The van der Waals surface area contributed by atoms with Gasteiger partial charge in [-0.15, -0.1) is 40.8 Å². The van der Waals surface area contributed by atoms with E-state index in [1.54, 1.807) is 4.68 Å². The molecule has 0 radical (unpaired) electrons. The maximum Gasteiger partial charge on any atom is 2.00 e. The Balaban J connectivity index is 0.00000417. The number of aromatic nitrogens is 4. The molecular weight excluding hydrogens is 703 g/mol. The van der Waals surface area contributed by atoms with Gasteiger partial charge in [0.2, 0.25) is 11.8 Å². The van der Waals surface area contributed by atoms with Crippen molar-refractivity contribution in [3.05, 3.63) is 119 Å². The Bertz CT molecular complexity index is 2290. The van der Waals surface area contributed by atoms with Crippen molar-refractivity contribution in [1.29, 1.82) is 0 Å². The summed E-state index contributed by atoms with van der Waals surface area (Å²) in [5, 5.41) is 7.14. The zero-order valence-electron chi connectivity index (χ0n) is 28.7. The van der Waals surface area contributed by atoms with E-state index < -0.39 is 0 Å². The van der Waals surface area contributed by atoms with Crippen molar-refractivity contribution in [3.8, 4) is 45.9 Å². The minimum Gasteiger partial charge on any atom is -0.509 e. The van der Waals surface area contributed by atoms with Gasteiger partial charge in [-0.05, 0) is 111 Å². The minimum atomic E-state index is 0. The zero-order valence-corrected chi connectivity index (χ0v) is 30.3. The number of para-hydroxylation sites is 1. The molecule has 0 spiro atoms. The quantitative estimate of drug-likeness (QED) is 0.109. The van der Waals surface area contributed by atoms with Crippen molar-refractivity contribution in [2.45, 2.75) is 48.5 Å². The van der Waals surface area contributed by atoms with Crippen molar-refractivity contribution in [2.75, 3.05) is 13.2 Å². The monoisotopic (exact) mass is 740 g/mol. The Morgan fingerprint density at radius 1 is 0.714 bits per heavy atom. The zero-order chi connectivity index (χ0) is 33.5. The number of fused-ring (bicyclic) bond motifs is 3. The van der Waals surface area contributed by atoms with Crippen LogP contribution in [0.5, 0.6) is 23.3 Å². The molecule has 0 unspecified atom stereocenters. The maximum absolute atomic E-state index is 6.44. The largest absolute Gasteiger partial charge is 2.00 e. The summed E-state index contributed by atoms with van der Waals surface area (Å²) in [6.07, 6.45) is 1.84. The molecule has 3 heterocycles. The normalized spacial score (nSPS) is 11.2. The molecule has 0 N–H and O–H groups in total. The van der Waals surface area contributed by atoms with Crippen molar-refractivity contribution >= 4 is 21.8 Å². The van der Waals surface area contributed by atoms with Crippen molar-refractivity contribution in [1.82, 2.24) is 19.3 Å². The predicted octanol–water partition coefficient (Wildman–Crippen LogP) is 9.76. The summed E-state index contributed by atoms with van der Waals surface area (Å²) in [7, 11) is 0. The molecule has 0 aliphatic heterocycles. The minimum absolute atomic E-state index is 0. The Morgan fingerprint density at radius 2 is 1.45 bits per heavy atom. The molecule has 3 aromatic heterocycles. The molecule has 0 bridgehead atoms. The predicted molar refractivity (Wildman–Crippen MR) is 191 cm³/mol. The van der Waals surface area contributed by atoms with Gasteiger partial charge in [0.15, 0.2) is 0 Å². The number of aryl methyl sites for hydroxylation is 3. The molecule has 0 atom stereocenters. The van der Waals surface area contributed by atoms with Crippen LogP contribution in [0.1, 0.15) is 41.7 Å². The summed E-state index contributed by atoms with van der Waals surface area (Å²) in [6, 6.07) is 31.4. The summed E-state index contributed by atoms with van der Waals surface area (Å²) in [4.78, 5) is 4.69. The number of ether oxygens (including phenoxy) is 3. The van der Waals surface area contributed by atoms with E-state index in [1.165, 1.54) is 22.3 Å². The van der Waals surface area contributed by atoms with E-state index in [2.05, 4.69) is 87.7 Å². The number of pyridine rings is 1. The van der Waals surface area contributed by atoms with Gasteiger partial charge in [-0.25, -0.2) is 9.67 Å². The number of hydrogen-bond acceptors (Lipinski definition) is 5. The molecule has 0 fully saturated rings. The molecule has 250 valence electrons. The maximum atomic E-state index is 6.44. The molecule has 0 aliphatic rings. The van der Waals surface area contributed by atoms with Gasteiger partial charge in [-0.2, -0.15) is 12.1 Å². The summed E-state index contributed by atoms with van der Waals surface area (Å²) < 4.78 is 22.8. The van der Waals surface area contributed by atoms with Crippen LogP contribution in [-0.2, 0) is 20.4 Å². The second-order valence-corrected chi connectivity index (χ2v) is 12.0. The summed E-state index contributed by atoms with van der Waals surface area (Å²) in [5.74, 6) is 3.05. The van der Waals surface area contributed by atoms with Crippen LogP contribution < -0.4 is 14.2 Å². The van der Waals surface area contributed by atoms with Gasteiger partial charge in [0.05, 0.1) is 13.2 Å². The molecule has 4 aromatic carbocycles. The van der Waals surface area contributed by atoms with E-state index >= 15 is 0 Å². The van der Waals surface area contributed by atoms with Crippen LogP contribution in [-0.4, -0.2) is 32.5 Å². The SMILES string of the molecule is CCOc1nn(-c2[c-]c(Oc3[c-]c4c(cc3)c3ccccc3n4-c3cc(C)ccn3)ccc2)c(OCC)c1-c1c(C)c(C)cc(C)c1C.[Pd+2]. The topological polar surface area (TPSA) is 63.3 Å². The van der Waals surface area contributed by atoms with Crippen LogP contribution in [0.2, 0.25) is 0 Å². The third-order valence-electron chi connectivity index (χ3n) is 8.88. The molecule has 49 heavy (non-hydrogen) atoms. The third kappa shape index (κ3) is 6.12. The van der Waals surface area contributed by atoms with Gasteiger partial charge >= 0.3 is 20.4 Å². The fourth-order valence-electron chi connectivity index (χ4n) is 6.41. The van der Waals surface area contributed by atoms with Crippen molar-refractivity contribution in [3.63, 3.8) is 0 Å². The van der Waals surface area contributed by atoms with E-state index in [4.69, 9.17) is 24.3 Å². The first-order valence-electron chi connectivity index (χ1n) is 16.3. The number of rotatable bonds is 9. The summed E-state index contributed by atoms with van der Waals surface area (Å²) in [6.45, 7) is 15.5. The smallest absolute Gasteiger partial charge is 0.509 e. The number of hydrogen-bond donors (Lipinski definition) is 0. The molecule has 0 saturated carbocycles. The molecule has 8 heteroatoms. The molecule has 7 rings (SSSR count). The first kappa shape index (κ1) is 34.0. The fourth-order valence-corrected chi connectivity index (χ4v) is 6.41. The Kier molecular flexibility index (Phi) is 9.65. The molecule has 0 amide bonds. The Labute approximate surface area is 301 Å². The van der Waals surface area contributed by atoms with E-state index in [1.807, 2.05) is 56.4 Å². The first-order chi connectivity index (χ1) is 23.3. The molecule has 0 saturated heterocycles. The average Bonchev–Trinajstić information content (AvgIpc) is 3.59. The van der Waals surface area contributed by atoms with E-state index in [9.17, 15) is 0 Å². The van der Waals surface area contributed by atoms with Crippen LogP contribution in [0, 0.1) is 46.8 Å². The fraction of sp³-hybridized carbons (Fsp3) is 0.220. The molecule has 0 aliphatic carbocycles. The van der Waals surface area contributed by atoms with Gasteiger partial charge in [-0.1, -0.05) is 29.8 Å². The van der Waals surface area contributed by atoms with Gasteiger partial charge in [0.25, 0.3) is 0 Å². The van der Waals surface area contributed by atoms with Crippen molar-refractivity contribution in [2.24, 2.45) is 0 Å². The van der Waals surface area contributed by atoms with Gasteiger partial charge in [0.1, 0.15) is 11.4 Å². The molecular formula is C41H38N4O3Pd. The van der Waals surface area contributed by atoms with Crippen LogP contribution >= 0.6 is 0 Å². The number of benzene rings is 4. The Hall–Kier alpha value is -4.90. The molecule has 7 nitrogen and oxygen atoms in total.